The van der Waals surface area contributed by atoms with Gasteiger partial charge in [-0.15, -0.1) is 0 Å². The van der Waals surface area contributed by atoms with Crippen LogP contribution in [0.3, 0.4) is 0 Å². The molecule has 0 aliphatic carbocycles. The second-order valence-electron chi connectivity index (χ2n) is 5.21. The molecule has 0 saturated carbocycles. The highest BCUT2D eigenvalue weighted by Gasteiger charge is 2.15. The third kappa shape index (κ3) is 4.07. The summed E-state index contributed by atoms with van der Waals surface area (Å²) in [6.07, 6.45) is 4.43. The Morgan fingerprint density at radius 3 is 2.65 bits per heavy atom. The first kappa shape index (κ1) is 17.6. The minimum atomic E-state index is -0.417. The lowest BCUT2D eigenvalue weighted by atomic mass is 10.2. The molecule has 26 heavy (non-hydrogen) atoms. The molecule has 0 aliphatic heterocycles. The lowest BCUT2D eigenvalue weighted by molar-refractivity contribution is 0.102. The second kappa shape index (κ2) is 7.79. The van der Waals surface area contributed by atoms with Crippen LogP contribution in [0.5, 0.6) is 5.75 Å². The Labute approximate surface area is 154 Å². The summed E-state index contributed by atoms with van der Waals surface area (Å²) in [7, 11) is 1.44. The summed E-state index contributed by atoms with van der Waals surface area (Å²) >= 11 is 5.82. The van der Waals surface area contributed by atoms with Crippen LogP contribution in [0.1, 0.15) is 10.4 Å². The number of nitrogens with one attached hydrogen (secondary N) is 2. The molecule has 2 N–H and O–H groups in total. The Bertz CT molecular complexity index is 935. The van der Waals surface area contributed by atoms with Crippen molar-refractivity contribution in [3.05, 3.63) is 71.5 Å². The topological polar surface area (TPSA) is 76.1 Å². The van der Waals surface area contributed by atoms with Gasteiger partial charge in [0.05, 0.1) is 24.7 Å². The zero-order valence-corrected chi connectivity index (χ0v) is 14.4. The lowest BCUT2D eigenvalue weighted by Gasteiger charge is -2.13. The van der Waals surface area contributed by atoms with Crippen LogP contribution in [-0.4, -0.2) is 23.0 Å². The largest absolute Gasteiger partial charge is 0.496 e. The molecule has 0 bridgehead atoms. The summed E-state index contributed by atoms with van der Waals surface area (Å²) in [5.74, 6) is -0.443. The van der Waals surface area contributed by atoms with Gasteiger partial charge < -0.3 is 15.4 Å². The van der Waals surface area contributed by atoms with Gasteiger partial charge in [-0.1, -0.05) is 11.6 Å². The lowest BCUT2D eigenvalue weighted by Crippen LogP contribution is -2.14. The van der Waals surface area contributed by atoms with Crippen molar-refractivity contribution in [2.24, 2.45) is 0 Å². The predicted molar refractivity (Wildman–Crippen MR) is 97.7 cm³/mol. The number of methoxy groups -OCH3 is 1. The number of anilines is 3. The number of halogens is 2. The molecule has 1 aromatic carbocycles. The Hall–Kier alpha value is -3.19. The van der Waals surface area contributed by atoms with Crippen LogP contribution in [0.2, 0.25) is 5.15 Å². The number of carbonyl (C=O) groups is 1. The van der Waals surface area contributed by atoms with E-state index in [1.54, 1.807) is 30.6 Å². The first-order chi connectivity index (χ1) is 12.6. The van der Waals surface area contributed by atoms with Gasteiger partial charge in [0.1, 0.15) is 22.3 Å². The van der Waals surface area contributed by atoms with Crippen LogP contribution in [0.4, 0.5) is 21.5 Å². The van der Waals surface area contributed by atoms with Gasteiger partial charge in [0, 0.05) is 24.1 Å². The summed E-state index contributed by atoms with van der Waals surface area (Å²) in [5.41, 5.74) is 1.93. The molecule has 0 saturated heterocycles. The van der Waals surface area contributed by atoms with E-state index in [1.807, 2.05) is 0 Å². The fraction of sp³-hybridized carbons (Fsp3) is 0.0556. The summed E-state index contributed by atoms with van der Waals surface area (Å²) in [6.45, 7) is 0. The molecule has 0 aliphatic rings. The van der Waals surface area contributed by atoms with Crippen molar-refractivity contribution in [2.45, 2.75) is 0 Å². The fourth-order valence-corrected chi connectivity index (χ4v) is 2.38. The zero-order chi connectivity index (χ0) is 18.5. The molecule has 3 aromatic rings. The first-order valence-electron chi connectivity index (χ1n) is 7.54. The molecular weight excluding hydrogens is 359 g/mol. The van der Waals surface area contributed by atoms with Gasteiger partial charge in [0.15, 0.2) is 0 Å². The van der Waals surface area contributed by atoms with Gasteiger partial charge in [0.25, 0.3) is 5.91 Å². The van der Waals surface area contributed by atoms with Gasteiger partial charge in [0.2, 0.25) is 0 Å². The molecule has 2 aromatic heterocycles. The smallest absolute Gasteiger partial charge is 0.261 e. The molecule has 132 valence electrons. The third-order valence-electron chi connectivity index (χ3n) is 3.49. The average Bonchev–Trinajstić information content (AvgIpc) is 2.65. The number of pyridine rings is 2. The molecule has 0 fully saturated rings. The number of nitrogens with zero attached hydrogens (tertiary/aromatic N) is 2. The van der Waals surface area contributed by atoms with E-state index in [-0.39, 0.29) is 16.5 Å². The van der Waals surface area contributed by atoms with Crippen molar-refractivity contribution < 1.29 is 13.9 Å². The first-order valence-corrected chi connectivity index (χ1v) is 7.92. The average molecular weight is 373 g/mol. The van der Waals surface area contributed by atoms with E-state index in [0.717, 1.165) is 0 Å². The highest BCUT2D eigenvalue weighted by molar-refractivity contribution is 6.29. The molecule has 0 atom stereocenters. The van der Waals surface area contributed by atoms with E-state index in [9.17, 15) is 9.18 Å². The minimum Gasteiger partial charge on any atom is -0.496 e. The second-order valence-corrected chi connectivity index (χ2v) is 5.60. The Morgan fingerprint density at radius 1 is 1.15 bits per heavy atom. The predicted octanol–water partition coefficient (Wildman–Crippen LogP) is 4.27. The van der Waals surface area contributed by atoms with Crippen LogP contribution < -0.4 is 15.4 Å². The summed E-state index contributed by atoms with van der Waals surface area (Å²) < 4.78 is 18.2. The maximum Gasteiger partial charge on any atom is 0.261 e. The van der Waals surface area contributed by atoms with Crippen molar-refractivity contribution in [3.8, 4) is 5.75 Å². The van der Waals surface area contributed by atoms with Crippen LogP contribution in [-0.2, 0) is 0 Å². The molecule has 0 unspecified atom stereocenters. The van der Waals surface area contributed by atoms with Crippen LogP contribution in [0.15, 0.2) is 55.0 Å². The van der Waals surface area contributed by atoms with Crippen molar-refractivity contribution in [1.82, 2.24) is 9.97 Å². The number of aromatic nitrogens is 2. The monoisotopic (exact) mass is 372 g/mol. The minimum absolute atomic E-state index is 0.223. The number of hydrogen-bond donors (Lipinski definition) is 2. The Kier molecular flexibility index (Phi) is 5.28. The number of benzene rings is 1. The van der Waals surface area contributed by atoms with Gasteiger partial charge in [-0.3, -0.25) is 9.78 Å². The molecular formula is C18H14ClFN4O2. The van der Waals surface area contributed by atoms with Crippen LogP contribution in [0, 0.1) is 5.82 Å². The zero-order valence-electron chi connectivity index (χ0n) is 13.7. The molecule has 8 heteroatoms. The highest BCUT2D eigenvalue weighted by atomic mass is 35.5. The maximum absolute atomic E-state index is 13.0. The van der Waals surface area contributed by atoms with Crippen molar-refractivity contribution in [3.63, 3.8) is 0 Å². The van der Waals surface area contributed by atoms with Gasteiger partial charge >= 0.3 is 0 Å². The number of rotatable bonds is 5. The van der Waals surface area contributed by atoms with E-state index in [1.165, 1.54) is 31.5 Å². The van der Waals surface area contributed by atoms with E-state index in [0.29, 0.717) is 22.8 Å². The van der Waals surface area contributed by atoms with E-state index < -0.39 is 5.91 Å². The highest BCUT2D eigenvalue weighted by Crippen LogP contribution is 2.27. The third-order valence-corrected chi connectivity index (χ3v) is 3.70. The molecule has 2 heterocycles. The Balaban J connectivity index is 1.84. The summed E-state index contributed by atoms with van der Waals surface area (Å²) in [4.78, 5) is 20.5. The number of carbonyl (C=O) groups excluding carboxylic acids is 1. The van der Waals surface area contributed by atoms with Gasteiger partial charge in [-0.2, -0.15) is 0 Å². The SMILES string of the molecule is COc1cc(Cl)ncc1C(=O)Nc1ccncc1Nc1ccc(F)cc1. The number of hydrogen-bond acceptors (Lipinski definition) is 5. The quantitative estimate of drug-likeness (QED) is 0.654. The van der Waals surface area contributed by atoms with Gasteiger partial charge in [-0.05, 0) is 30.3 Å². The van der Waals surface area contributed by atoms with Gasteiger partial charge in [-0.25, -0.2) is 9.37 Å². The molecule has 0 spiro atoms. The van der Waals surface area contributed by atoms with E-state index in [2.05, 4.69) is 20.6 Å². The summed E-state index contributed by atoms with van der Waals surface area (Å²) in [5, 5.41) is 6.08. The molecule has 0 radical (unpaired) electrons. The molecule has 6 nitrogen and oxygen atoms in total. The maximum atomic E-state index is 13.0. The Morgan fingerprint density at radius 2 is 1.92 bits per heavy atom. The molecule has 3 rings (SSSR count). The molecule has 1 amide bonds. The van der Waals surface area contributed by atoms with E-state index >= 15 is 0 Å². The van der Waals surface area contributed by atoms with Crippen molar-refractivity contribution in [2.75, 3.05) is 17.7 Å². The number of ether oxygens (including phenoxy) is 1. The normalized spacial score (nSPS) is 10.3. The fourth-order valence-electron chi connectivity index (χ4n) is 2.23. The van der Waals surface area contributed by atoms with Crippen LogP contribution in [0.25, 0.3) is 0 Å². The number of amides is 1. The van der Waals surface area contributed by atoms with Crippen molar-refractivity contribution in [1.29, 1.82) is 0 Å². The van der Waals surface area contributed by atoms with E-state index in [4.69, 9.17) is 16.3 Å². The van der Waals surface area contributed by atoms with Crippen LogP contribution >= 0.6 is 11.6 Å². The van der Waals surface area contributed by atoms with Crippen molar-refractivity contribution >= 4 is 34.6 Å². The summed E-state index contributed by atoms with van der Waals surface area (Å²) in [6, 6.07) is 8.93. The standard InChI is InChI=1S/C18H14ClFN4O2/c1-26-16-8-17(19)22-9-13(16)18(25)24-14-6-7-21-10-15(14)23-12-4-2-11(20)3-5-12/h2-10,23H,1H3,(H,21,24,25).